The fourth-order valence-corrected chi connectivity index (χ4v) is 2.43. The number of halogens is 2. The number of nitrogens with zero attached hydrogens (tertiary/aromatic N) is 1. The Morgan fingerprint density at radius 2 is 1.89 bits per heavy atom. The van der Waals surface area contributed by atoms with Crippen LogP contribution in [0.4, 0.5) is 8.78 Å². The maximum absolute atomic E-state index is 13.9. The van der Waals surface area contributed by atoms with Crippen LogP contribution in [0, 0.1) is 25.5 Å². The second-order valence-electron chi connectivity index (χ2n) is 4.14. The van der Waals surface area contributed by atoms with Gasteiger partial charge in [-0.3, -0.25) is 0 Å². The second kappa shape index (κ2) is 5.71. The predicted octanol–water partition coefficient (Wildman–Crippen LogP) is 3.44. The Kier molecular flexibility index (Phi) is 4.21. The molecule has 0 amide bonds. The first-order valence-electron chi connectivity index (χ1n) is 5.75. The van der Waals surface area contributed by atoms with E-state index >= 15 is 0 Å². The maximum Gasteiger partial charge on any atom is 0.261 e. The van der Waals surface area contributed by atoms with Crippen LogP contribution in [0.25, 0.3) is 0 Å². The summed E-state index contributed by atoms with van der Waals surface area (Å²) in [6.07, 6.45) is 0. The molecule has 0 saturated carbocycles. The van der Waals surface area contributed by atoms with Crippen LogP contribution in [-0.2, 0) is 6.54 Å². The number of oxazole rings is 1. The fourth-order valence-electron chi connectivity index (χ4n) is 1.59. The van der Waals surface area contributed by atoms with Gasteiger partial charge in [-0.2, -0.15) is 0 Å². The minimum absolute atomic E-state index is 0.0962. The van der Waals surface area contributed by atoms with E-state index in [4.69, 9.17) is 4.42 Å². The Hall–Kier alpha value is -1.40. The molecule has 0 radical (unpaired) electrons. The van der Waals surface area contributed by atoms with E-state index in [1.54, 1.807) is 20.9 Å². The molecule has 0 saturated heterocycles. The first kappa shape index (κ1) is 14.0. The van der Waals surface area contributed by atoms with Gasteiger partial charge in [0.2, 0.25) is 0 Å². The van der Waals surface area contributed by atoms with Crippen molar-refractivity contribution in [3.63, 3.8) is 0 Å². The van der Waals surface area contributed by atoms with Gasteiger partial charge in [0, 0.05) is 6.54 Å². The zero-order valence-corrected chi connectivity index (χ0v) is 11.7. The van der Waals surface area contributed by atoms with Crippen molar-refractivity contribution in [2.45, 2.75) is 30.5 Å². The van der Waals surface area contributed by atoms with Crippen molar-refractivity contribution < 1.29 is 13.2 Å². The summed E-state index contributed by atoms with van der Waals surface area (Å²) < 4.78 is 33.1. The van der Waals surface area contributed by atoms with Crippen LogP contribution >= 0.6 is 11.8 Å². The first-order chi connectivity index (χ1) is 9.01. The summed E-state index contributed by atoms with van der Waals surface area (Å²) in [5.41, 5.74) is 1.27. The quantitative estimate of drug-likeness (QED) is 0.933. The van der Waals surface area contributed by atoms with E-state index in [0.717, 1.165) is 17.5 Å². The Balaban J connectivity index is 2.29. The highest BCUT2D eigenvalue weighted by Crippen LogP contribution is 2.33. The molecule has 0 atom stereocenters. The molecule has 1 N–H and O–H groups in total. The average Bonchev–Trinajstić information content (AvgIpc) is 2.64. The summed E-state index contributed by atoms with van der Waals surface area (Å²) in [4.78, 5) is 4.00. The summed E-state index contributed by atoms with van der Waals surface area (Å²) in [7, 11) is 1.72. The van der Waals surface area contributed by atoms with Crippen molar-refractivity contribution >= 4 is 11.8 Å². The van der Waals surface area contributed by atoms with Crippen molar-refractivity contribution in [3.8, 4) is 0 Å². The molecule has 0 spiro atoms. The van der Waals surface area contributed by atoms with Gasteiger partial charge in [-0.25, -0.2) is 13.8 Å². The van der Waals surface area contributed by atoms with E-state index in [-0.39, 0.29) is 10.1 Å². The molecular weight excluding hydrogens is 270 g/mol. The predicted molar refractivity (Wildman–Crippen MR) is 69.2 cm³/mol. The van der Waals surface area contributed by atoms with Crippen LogP contribution in [0.1, 0.15) is 17.0 Å². The van der Waals surface area contributed by atoms with Crippen molar-refractivity contribution in [2.24, 2.45) is 0 Å². The van der Waals surface area contributed by atoms with Gasteiger partial charge in [-0.15, -0.1) is 0 Å². The molecule has 2 aromatic rings. The monoisotopic (exact) mass is 284 g/mol. The molecule has 102 valence electrons. The minimum atomic E-state index is -0.608. The van der Waals surface area contributed by atoms with Crippen molar-refractivity contribution in [3.05, 3.63) is 40.8 Å². The molecule has 0 bridgehead atoms. The first-order valence-corrected chi connectivity index (χ1v) is 6.57. The van der Waals surface area contributed by atoms with E-state index in [9.17, 15) is 8.78 Å². The van der Waals surface area contributed by atoms with Gasteiger partial charge in [0.15, 0.2) is 0 Å². The number of aromatic nitrogens is 1. The molecule has 0 aliphatic carbocycles. The number of hydrogen-bond donors (Lipinski definition) is 1. The molecule has 2 rings (SSSR count). The van der Waals surface area contributed by atoms with Gasteiger partial charge in [0.25, 0.3) is 5.22 Å². The van der Waals surface area contributed by atoms with Crippen LogP contribution in [0.15, 0.2) is 26.7 Å². The molecule has 0 aliphatic heterocycles. The van der Waals surface area contributed by atoms with Gasteiger partial charge >= 0.3 is 0 Å². The summed E-state index contributed by atoms with van der Waals surface area (Å²) in [6, 6.07) is 2.62. The number of aryl methyl sites for hydroxylation is 2. The molecule has 0 unspecified atom stereocenters. The van der Waals surface area contributed by atoms with Crippen LogP contribution in [-0.4, -0.2) is 12.0 Å². The number of nitrogens with one attached hydrogen (secondary N) is 1. The lowest BCUT2D eigenvalue weighted by Gasteiger charge is -2.05. The lowest BCUT2D eigenvalue weighted by atomic mass is 10.2. The van der Waals surface area contributed by atoms with Crippen LogP contribution in [0.3, 0.4) is 0 Å². The van der Waals surface area contributed by atoms with Crippen LogP contribution < -0.4 is 5.32 Å². The standard InChI is InChI=1S/C13H14F2N2OS/c1-7-8(2)18-13(17-7)19-12-10(14)4-9(6-16-3)5-11(12)15/h4-5,16H,6H2,1-3H3. The third kappa shape index (κ3) is 3.13. The van der Waals surface area contributed by atoms with Crippen molar-refractivity contribution in [1.82, 2.24) is 10.3 Å². The minimum Gasteiger partial charge on any atom is -0.436 e. The zero-order valence-electron chi connectivity index (χ0n) is 10.9. The van der Waals surface area contributed by atoms with E-state index in [1.165, 1.54) is 12.1 Å². The van der Waals surface area contributed by atoms with Crippen LogP contribution in [0.2, 0.25) is 0 Å². The van der Waals surface area contributed by atoms with E-state index in [2.05, 4.69) is 10.3 Å². The summed E-state index contributed by atoms with van der Waals surface area (Å²) in [6.45, 7) is 3.96. The summed E-state index contributed by atoms with van der Waals surface area (Å²) >= 11 is 0.854. The molecule has 1 aromatic carbocycles. The Bertz CT molecular complexity index is 556. The third-order valence-corrected chi connectivity index (χ3v) is 3.58. The number of benzene rings is 1. The summed E-state index contributed by atoms with van der Waals surface area (Å²) in [5.74, 6) is -0.567. The third-order valence-electron chi connectivity index (χ3n) is 2.64. The number of hydrogen-bond acceptors (Lipinski definition) is 4. The summed E-state index contributed by atoms with van der Waals surface area (Å²) in [5, 5.41) is 3.09. The van der Waals surface area contributed by atoms with Gasteiger partial charge in [0.1, 0.15) is 17.4 Å². The lowest BCUT2D eigenvalue weighted by molar-refractivity contribution is 0.429. The Morgan fingerprint density at radius 3 is 2.37 bits per heavy atom. The van der Waals surface area contributed by atoms with Gasteiger partial charge < -0.3 is 9.73 Å². The topological polar surface area (TPSA) is 38.1 Å². The smallest absolute Gasteiger partial charge is 0.261 e. The normalized spacial score (nSPS) is 11.0. The van der Waals surface area contributed by atoms with Gasteiger partial charge in [0.05, 0.1) is 10.6 Å². The molecular formula is C13H14F2N2OS. The molecule has 1 heterocycles. The highest BCUT2D eigenvalue weighted by molar-refractivity contribution is 7.99. The average molecular weight is 284 g/mol. The molecule has 3 nitrogen and oxygen atoms in total. The molecule has 0 aliphatic rings. The van der Waals surface area contributed by atoms with E-state index in [1.807, 2.05) is 0 Å². The van der Waals surface area contributed by atoms with Crippen molar-refractivity contribution in [2.75, 3.05) is 7.05 Å². The van der Waals surface area contributed by atoms with Crippen LogP contribution in [0.5, 0.6) is 0 Å². The molecule has 0 fully saturated rings. The lowest BCUT2D eigenvalue weighted by Crippen LogP contribution is -2.06. The highest BCUT2D eigenvalue weighted by atomic mass is 32.2. The SMILES string of the molecule is CNCc1cc(F)c(Sc2nc(C)c(C)o2)c(F)c1. The van der Waals surface area contributed by atoms with Crippen molar-refractivity contribution in [1.29, 1.82) is 0 Å². The van der Waals surface area contributed by atoms with E-state index < -0.39 is 11.6 Å². The largest absolute Gasteiger partial charge is 0.436 e. The Morgan fingerprint density at radius 1 is 1.26 bits per heavy atom. The fraction of sp³-hybridized carbons (Fsp3) is 0.308. The second-order valence-corrected chi connectivity index (χ2v) is 5.10. The Labute approximate surface area is 114 Å². The highest BCUT2D eigenvalue weighted by Gasteiger charge is 2.16. The number of rotatable bonds is 4. The molecule has 6 heteroatoms. The van der Waals surface area contributed by atoms with Gasteiger partial charge in [-0.1, -0.05) is 0 Å². The van der Waals surface area contributed by atoms with Gasteiger partial charge in [-0.05, 0) is 50.4 Å². The molecule has 1 aromatic heterocycles. The molecule has 19 heavy (non-hydrogen) atoms. The zero-order chi connectivity index (χ0) is 14.0. The maximum atomic E-state index is 13.9. The van der Waals surface area contributed by atoms with E-state index in [0.29, 0.717) is 17.9 Å².